The number of nitrogens with zero attached hydrogens (tertiary/aromatic N) is 6. The van der Waals surface area contributed by atoms with Gasteiger partial charge in [-0.3, -0.25) is 0 Å². The van der Waals surface area contributed by atoms with Crippen molar-refractivity contribution in [1.29, 1.82) is 0 Å². The lowest BCUT2D eigenvalue weighted by molar-refractivity contribution is 1.16. The van der Waals surface area contributed by atoms with E-state index in [-0.39, 0.29) is 0 Å². The van der Waals surface area contributed by atoms with Crippen LogP contribution in [-0.2, 0) is 0 Å². The van der Waals surface area contributed by atoms with Gasteiger partial charge in [-0.15, -0.1) is 0 Å². The first-order valence-electron chi connectivity index (χ1n) is 51.5. The van der Waals surface area contributed by atoms with Crippen LogP contribution in [0.25, 0.3) is 203 Å². The Morgan fingerprint density at radius 1 is 0.113 bits per heavy atom. The number of para-hydroxylation sites is 6. The van der Waals surface area contributed by atoms with E-state index in [1.807, 2.05) is 0 Å². The zero-order chi connectivity index (χ0) is 99.3. The van der Waals surface area contributed by atoms with Gasteiger partial charge in [0, 0.05) is 100 Å². The van der Waals surface area contributed by atoms with Crippen LogP contribution >= 0.6 is 0 Å². The van der Waals surface area contributed by atoms with Gasteiger partial charge in [-0.05, 0) is 303 Å². The second-order valence-corrected chi connectivity index (χ2v) is 38.5. The van der Waals surface area contributed by atoms with E-state index in [9.17, 15) is 0 Å². The van der Waals surface area contributed by atoms with Crippen LogP contribution in [0, 0.1) is 0 Å². The predicted octanol–water partition coefficient (Wildman–Crippen LogP) is 40.0. The highest BCUT2D eigenvalue weighted by Crippen LogP contribution is 2.49. The SMILES string of the molecule is c1ccc(-c2ccc(N(c3ccc(-c4ccccc4)cc3)c3ccc(-c4ccccc4)cc3)cc2)cc1.c1ccc2c(c1)c1ccccc1n2-c1ccc(N(c2ccc(-n3c4ccccc4c4ccccc43)cc2)c2ccc(-n3c4ccccc4c4ccccc43)cc2)cc1.c1ccc2c(c1)cc(-c1ccc(N(c3ccc(-c4cc5ccccc5c5ccccc45)cc3)c3cc4ccccc4c4ccccc34)cc1)c1ccccc12. The molecule has 0 amide bonds. The molecule has 704 valence electrons. The molecule has 150 heavy (non-hydrogen) atoms. The summed E-state index contributed by atoms with van der Waals surface area (Å²) in [5.41, 5.74) is 32.8. The maximum atomic E-state index is 2.43. The van der Waals surface area contributed by atoms with Crippen molar-refractivity contribution in [2.24, 2.45) is 0 Å². The Balaban J connectivity index is 0.000000114. The largest absolute Gasteiger partial charge is 0.311 e. The fourth-order valence-corrected chi connectivity index (χ4v) is 22.9. The van der Waals surface area contributed by atoms with Gasteiger partial charge in [0.25, 0.3) is 0 Å². The molecule has 0 radical (unpaired) electrons. The summed E-state index contributed by atoms with van der Waals surface area (Å²) in [4.78, 5) is 7.11. The van der Waals surface area contributed by atoms with E-state index in [1.165, 1.54) is 186 Å². The maximum Gasteiger partial charge on any atom is 0.0546 e. The van der Waals surface area contributed by atoms with Gasteiger partial charge in [0.2, 0.25) is 0 Å². The summed E-state index contributed by atoms with van der Waals surface area (Å²) in [6.07, 6.45) is 0. The van der Waals surface area contributed by atoms with E-state index >= 15 is 0 Å². The summed E-state index contributed by atoms with van der Waals surface area (Å²) in [6, 6.07) is 215. The van der Waals surface area contributed by atoms with Gasteiger partial charge in [0.05, 0.1) is 38.8 Å². The summed E-state index contributed by atoms with van der Waals surface area (Å²) in [7, 11) is 0. The first kappa shape index (κ1) is 89.0. The molecule has 6 nitrogen and oxygen atoms in total. The highest BCUT2D eigenvalue weighted by Gasteiger charge is 2.25. The molecule has 29 aromatic rings. The predicted molar refractivity (Wildman–Crippen MR) is 639 cm³/mol. The Morgan fingerprint density at radius 3 is 0.560 bits per heavy atom. The summed E-state index contributed by atoms with van der Waals surface area (Å²) in [5.74, 6) is 0. The van der Waals surface area contributed by atoms with E-state index in [0.717, 1.165) is 68.2 Å². The van der Waals surface area contributed by atoms with Gasteiger partial charge < -0.3 is 28.4 Å². The van der Waals surface area contributed by atoms with Gasteiger partial charge in [-0.1, -0.05) is 406 Å². The third kappa shape index (κ3) is 16.3. The third-order valence-corrected chi connectivity index (χ3v) is 29.9. The molecule has 0 N–H and O–H groups in total. The minimum atomic E-state index is 1.08. The van der Waals surface area contributed by atoms with Crippen molar-refractivity contribution in [2.75, 3.05) is 14.7 Å². The molecule has 3 aromatic heterocycles. The smallest absolute Gasteiger partial charge is 0.0546 e. The molecule has 0 fully saturated rings. The molecule has 0 saturated heterocycles. The van der Waals surface area contributed by atoms with Crippen LogP contribution < -0.4 is 14.7 Å². The van der Waals surface area contributed by atoms with Crippen LogP contribution in [0.15, 0.2) is 595 Å². The normalized spacial score (nSPS) is 11.5. The van der Waals surface area contributed by atoms with Crippen molar-refractivity contribution in [3.05, 3.63) is 595 Å². The molecule has 3 heterocycles. The third-order valence-electron chi connectivity index (χ3n) is 29.9. The number of aromatic nitrogens is 3. The van der Waals surface area contributed by atoms with Gasteiger partial charge in [-0.25, -0.2) is 0 Å². The van der Waals surface area contributed by atoms with Crippen LogP contribution in [0.2, 0.25) is 0 Å². The Labute approximate surface area is 870 Å². The van der Waals surface area contributed by atoms with Crippen molar-refractivity contribution < 1.29 is 0 Å². The minimum absolute atomic E-state index is 1.08. The van der Waals surface area contributed by atoms with E-state index in [4.69, 9.17) is 0 Å². The van der Waals surface area contributed by atoms with Crippen LogP contribution in [0.5, 0.6) is 0 Å². The standard InChI is InChI=1S/C54H36N4.C54H35N.C36H27N/c1-7-19-49-43(13-1)44-14-2-8-20-50(44)56(49)40-31-25-37(26-32-40)55(38-27-33-41(34-28-38)57-51-21-9-3-15-45(51)46-16-4-10-22-52(46)57)39-29-35-42(36-30-39)58-53-23-11-5-17-47(53)48-18-6-12-24-54(48)58;1-4-16-43-38(13-1)33-52(49-22-9-7-19-46(43)49)36-25-29-41(30-26-36)55(54-35-40-15-3-6-18-45(40)48-21-11-12-24-51(48)54)42-31-27-37(28-32-42)53-34-39-14-2-5-17-44(39)47-20-8-10-23-50(47)53;1-4-10-28(11-5-1)31-16-22-34(23-17-31)37(35-24-18-32(19-25-35)29-12-6-2-7-13-29)36-26-20-33(21-27-36)30-14-8-3-9-15-30/h1-36H;1-35H;1-27H. The fraction of sp³-hybridized carbons (Fsp3) is 0. The van der Waals surface area contributed by atoms with Crippen LogP contribution in [0.1, 0.15) is 0 Å². The lowest BCUT2D eigenvalue weighted by Gasteiger charge is -2.28. The average Bonchev–Trinajstić information content (AvgIpc) is 1.72. The van der Waals surface area contributed by atoms with Gasteiger partial charge in [0.15, 0.2) is 0 Å². The van der Waals surface area contributed by atoms with Crippen LogP contribution in [0.4, 0.5) is 51.2 Å². The first-order chi connectivity index (χ1) is 74.4. The summed E-state index contributed by atoms with van der Waals surface area (Å²) < 4.78 is 7.12. The molecule has 0 unspecified atom stereocenters. The van der Waals surface area contributed by atoms with Crippen molar-refractivity contribution >= 4 is 181 Å². The fourth-order valence-electron chi connectivity index (χ4n) is 22.9. The van der Waals surface area contributed by atoms with Crippen LogP contribution in [0.3, 0.4) is 0 Å². The molecule has 0 saturated carbocycles. The van der Waals surface area contributed by atoms with Crippen molar-refractivity contribution in [2.45, 2.75) is 0 Å². The molecule has 0 aliphatic carbocycles. The lowest BCUT2D eigenvalue weighted by Crippen LogP contribution is -2.10. The van der Waals surface area contributed by atoms with E-state index in [0.29, 0.717) is 0 Å². The molecule has 0 aliphatic rings. The monoisotopic (exact) mass is 1910 g/mol. The number of hydrogen-bond donors (Lipinski definition) is 0. The first-order valence-corrected chi connectivity index (χ1v) is 51.5. The molecule has 0 atom stereocenters. The second-order valence-electron chi connectivity index (χ2n) is 38.5. The van der Waals surface area contributed by atoms with E-state index in [2.05, 4.69) is 623 Å². The van der Waals surface area contributed by atoms with Gasteiger partial charge in [0.1, 0.15) is 0 Å². The molecule has 6 heteroatoms. The molecule has 0 bridgehead atoms. The Morgan fingerprint density at radius 2 is 0.293 bits per heavy atom. The summed E-state index contributed by atoms with van der Waals surface area (Å²) in [6.45, 7) is 0. The topological polar surface area (TPSA) is 24.5 Å². The molecular weight excluding hydrogens is 1810 g/mol. The van der Waals surface area contributed by atoms with E-state index < -0.39 is 0 Å². The number of anilines is 9. The second kappa shape index (κ2) is 38.6. The highest BCUT2D eigenvalue weighted by molar-refractivity contribution is 6.19. The zero-order valence-corrected chi connectivity index (χ0v) is 82.3. The number of rotatable bonds is 17. The Hall–Kier alpha value is -19.9. The molecular formula is C144H98N6. The number of benzene rings is 26. The number of fused-ring (bicyclic) bond motifs is 18. The van der Waals surface area contributed by atoms with Crippen LogP contribution in [-0.4, -0.2) is 13.7 Å². The van der Waals surface area contributed by atoms with Crippen molar-refractivity contribution in [1.82, 2.24) is 13.7 Å². The van der Waals surface area contributed by atoms with Gasteiger partial charge in [-0.2, -0.15) is 0 Å². The minimum Gasteiger partial charge on any atom is -0.311 e. The van der Waals surface area contributed by atoms with Gasteiger partial charge >= 0.3 is 0 Å². The Kier molecular flexibility index (Phi) is 22.9. The van der Waals surface area contributed by atoms with Crippen molar-refractivity contribution in [3.8, 4) is 72.7 Å². The molecule has 29 rings (SSSR count). The highest BCUT2D eigenvalue weighted by atomic mass is 15.2. The molecule has 26 aromatic carbocycles. The molecule has 0 aliphatic heterocycles. The average molecular weight is 1910 g/mol. The quantitative estimate of drug-likeness (QED) is 0.0850. The van der Waals surface area contributed by atoms with E-state index in [1.54, 1.807) is 0 Å². The number of hydrogen-bond acceptors (Lipinski definition) is 3. The van der Waals surface area contributed by atoms with Crippen molar-refractivity contribution in [3.63, 3.8) is 0 Å². The summed E-state index contributed by atoms with van der Waals surface area (Å²) in [5, 5.41) is 22.7. The summed E-state index contributed by atoms with van der Waals surface area (Å²) >= 11 is 0. The molecule has 0 spiro atoms. The zero-order valence-electron chi connectivity index (χ0n) is 82.3. The lowest BCUT2D eigenvalue weighted by atomic mass is 9.93. The Bertz CT molecular complexity index is 9190. The maximum absolute atomic E-state index is 2.43.